The van der Waals surface area contributed by atoms with Gasteiger partial charge in [-0.1, -0.05) is 18.2 Å². The molecular formula is C21H23N3O3. The number of carbonyl (C=O) groups excluding carboxylic acids is 2. The van der Waals surface area contributed by atoms with Crippen LogP contribution in [0.25, 0.3) is 0 Å². The molecule has 1 N–H and O–H groups in total. The molecule has 2 aromatic carbocycles. The van der Waals surface area contributed by atoms with Gasteiger partial charge in [0.15, 0.2) is 0 Å². The highest BCUT2D eigenvalue weighted by molar-refractivity contribution is 5.99. The third kappa shape index (κ3) is 3.12. The molecule has 2 aliphatic rings. The fourth-order valence-corrected chi connectivity index (χ4v) is 3.73. The quantitative estimate of drug-likeness (QED) is 0.906. The Kier molecular flexibility index (Phi) is 4.48. The molecule has 0 bridgehead atoms. The number of carbonyl (C=O) groups is 2. The zero-order valence-corrected chi connectivity index (χ0v) is 15.6. The monoisotopic (exact) mass is 365 g/mol. The first-order valence-electron chi connectivity index (χ1n) is 9.19. The number of rotatable bonds is 4. The van der Waals surface area contributed by atoms with E-state index < -0.39 is 0 Å². The van der Waals surface area contributed by atoms with Gasteiger partial charge in [-0.05, 0) is 48.7 Å². The summed E-state index contributed by atoms with van der Waals surface area (Å²) in [7, 11) is 1.64. The van der Waals surface area contributed by atoms with Crippen molar-refractivity contribution in [2.45, 2.75) is 19.4 Å². The lowest BCUT2D eigenvalue weighted by atomic mass is 9.93. The van der Waals surface area contributed by atoms with Gasteiger partial charge in [0.25, 0.3) is 5.91 Å². The third-order valence-corrected chi connectivity index (χ3v) is 5.36. The van der Waals surface area contributed by atoms with E-state index in [0.29, 0.717) is 18.7 Å². The number of hydrogen-bond acceptors (Lipinski definition) is 3. The first-order valence-corrected chi connectivity index (χ1v) is 9.19. The maximum atomic E-state index is 13.1. The van der Waals surface area contributed by atoms with Gasteiger partial charge in [0.1, 0.15) is 5.75 Å². The standard InChI is InChI=1S/C21H23N3O3/c1-14-6-7-16(13-19(14)24-11-9-22-21(24)26)20(25)23-10-8-18(23)15-4-3-5-17(12-15)27-2/h3-7,12-13,18H,8-11H2,1-2H3,(H,22,26)/t18-/m1/s1. The fourth-order valence-electron chi connectivity index (χ4n) is 3.73. The maximum Gasteiger partial charge on any atom is 0.322 e. The minimum atomic E-state index is -0.110. The highest BCUT2D eigenvalue weighted by Gasteiger charge is 2.34. The number of likely N-dealkylation sites (tertiary alicyclic amines) is 1. The van der Waals surface area contributed by atoms with Crippen LogP contribution in [0, 0.1) is 6.92 Å². The van der Waals surface area contributed by atoms with Crippen LogP contribution in [-0.4, -0.2) is 43.6 Å². The lowest BCUT2D eigenvalue weighted by molar-refractivity contribution is 0.0460. The number of nitrogens with zero attached hydrogens (tertiary/aromatic N) is 2. The molecule has 2 heterocycles. The normalized spacial score (nSPS) is 18.9. The van der Waals surface area contributed by atoms with Crippen molar-refractivity contribution in [3.05, 3.63) is 59.2 Å². The van der Waals surface area contributed by atoms with Crippen LogP contribution in [0.15, 0.2) is 42.5 Å². The largest absolute Gasteiger partial charge is 0.497 e. The minimum Gasteiger partial charge on any atom is -0.497 e. The summed E-state index contributed by atoms with van der Waals surface area (Å²) < 4.78 is 5.30. The van der Waals surface area contributed by atoms with Crippen molar-refractivity contribution in [2.24, 2.45) is 0 Å². The van der Waals surface area contributed by atoms with E-state index in [-0.39, 0.29) is 18.0 Å². The van der Waals surface area contributed by atoms with E-state index in [1.54, 1.807) is 12.0 Å². The molecule has 0 saturated carbocycles. The molecule has 0 radical (unpaired) electrons. The summed E-state index contributed by atoms with van der Waals surface area (Å²) in [4.78, 5) is 28.7. The minimum absolute atomic E-state index is 0.00470. The number of urea groups is 1. The van der Waals surface area contributed by atoms with Gasteiger partial charge >= 0.3 is 6.03 Å². The Hall–Kier alpha value is -3.02. The van der Waals surface area contributed by atoms with Crippen LogP contribution >= 0.6 is 0 Å². The van der Waals surface area contributed by atoms with Crippen molar-refractivity contribution in [1.82, 2.24) is 10.2 Å². The highest BCUT2D eigenvalue weighted by atomic mass is 16.5. The molecule has 1 atom stereocenters. The number of anilines is 1. The predicted molar refractivity (Wildman–Crippen MR) is 103 cm³/mol. The summed E-state index contributed by atoms with van der Waals surface area (Å²) in [6.07, 6.45) is 0.937. The third-order valence-electron chi connectivity index (χ3n) is 5.36. The van der Waals surface area contributed by atoms with Crippen LogP contribution in [0.3, 0.4) is 0 Å². The van der Waals surface area contributed by atoms with Gasteiger partial charge in [0.05, 0.1) is 13.2 Å². The number of hydrogen-bond donors (Lipinski definition) is 1. The van der Waals surface area contributed by atoms with Crippen LogP contribution in [0.2, 0.25) is 0 Å². The Bertz CT molecular complexity index is 896. The number of methoxy groups -OCH3 is 1. The highest BCUT2D eigenvalue weighted by Crippen LogP contribution is 2.36. The van der Waals surface area contributed by atoms with Crippen LogP contribution in [0.5, 0.6) is 5.75 Å². The van der Waals surface area contributed by atoms with Crippen LogP contribution in [-0.2, 0) is 0 Å². The number of ether oxygens (including phenoxy) is 1. The molecule has 2 aromatic rings. The second-order valence-corrected chi connectivity index (χ2v) is 6.96. The van der Waals surface area contributed by atoms with E-state index in [9.17, 15) is 9.59 Å². The Balaban J connectivity index is 1.58. The Labute approximate surface area is 158 Å². The average molecular weight is 365 g/mol. The van der Waals surface area contributed by atoms with Crippen molar-refractivity contribution in [2.75, 3.05) is 31.6 Å². The van der Waals surface area contributed by atoms with Gasteiger partial charge in [-0.3, -0.25) is 9.69 Å². The van der Waals surface area contributed by atoms with E-state index in [4.69, 9.17) is 4.74 Å². The van der Waals surface area contributed by atoms with E-state index >= 15 is 0 Å². The molecule has 2 fully saturated rings. The molecule has 4 rings (SSSR count). The Morgan fingerprint density at radius 3 is 2.70 bits per heavy atom. The molecule has 6 nitrogen and oxygen atoms in total. The zero-order valence-electron chi connectivity index (χ0n) is 15.6. The zero-order chi connectivity index (χ0) is 19.0. The molecule has 6 heteroatoms. The number of amides is 3. The number of nitrogens with one attached hydrogen (secondary N) is 1. The Morgan fingerprint density at radius 1 is 1.19 bits per heavy atom. The molecule has 2 saturated heterocycles. The van der Waals surface area contributed by atoms with E-state index in [0.717, 1.165) is 35.5 Å². The summed E-state index contributed by atoms with van der Waals surface area (Å²) >= 11 is 0. The van der Waals surface area contributed by atoms with E-state index in [1.165, 1.54) is 0 Å². The van der Waals surface area contributed by atoms with Crippen molar-refractivity contribution >= 4 is 17.6 Å². The molecule has 27 heavy (non-hydrogen) atoms. The van der Waals surface area contributed by atoms with Crippen LogP contribution in [0.4, 0.5) is 10.5 Å². The molecule has 2 aliphatic heterocycles. The SMILES string of the molecule is COc1cccc([C@H]2CCN2C(=O)c2ccc(C)c(N3CCNC3=O)c2)c1. The number of benzene rings is 2. The molecule has 0 aliphatic carbocycles. The lowest BCUT2D eigenvalue weighted by Crippen LogP contribution is -2.45. The van der Waals surface area contributed by atoms with Gasteiger partial charge in [-0.25, -0.2) is 4.79 Å². The van der Waals surface area contributed by atoms with Gasteiger partial charge in [-0.2, -0.15) is 0 Å². The van der Waals surface area contributed by atoms with Gasteiger partial charge in [-0.15, -0.1) is 0 Å². The molecular weight excluding hydrogens is 342 g/mol. The van der Waals surface area contributed by atoms with Crippen molar-refractivity contribution in [3.8, 4) is 5.75 Å². The van der Waals surface area contributed by atoms with E-state index in [2.05, 4.69) is 5.32 Å². The van der Waals surface area contributed by atoms with Crippen molar-refractivity contribution < 1.29 is 14.3 Å². The molecule has 140 valence electrons. The van der Waals surface area contributed by atoms with Gasteiger partial charge in [0.2, 0.25) is 0 Å². The second kappa shape index (κ2) is 6.95. The second-order valence-electron chi connectivity index (χ2n) is 6.96. The summed E-state index contributed by atoms with van der Waals surface area (Å²) in [5.74, 6) is 0.791. The first kappa shape index (κ1) is 17.4. The summed E-state index contributed by atoms with van der Waals surface area (Å²) in [6.45, 7) is 3.93. The lowest BCUT2D eigenvalue weighted by Gasteiger charge is -2.41. The summed E-state index contributed by atoms with van der Waals surface area (Å²) in [5.41, 5.74) is 3.48. The van der Waals surface area contributed by atoms with E-state index in [1.807, 2.05) is 54.3 Å². The Morgan fingerprint density at radius 2 is 2.04 bits per heavy atom. The summed E-state index contributed by atoms with van der Waals surface area (Å²) in [6, 6.07) is 13.4. The number of aryl methyl sites for hydroxylation is 1. The van der Waals surface area contributed by atoms with Crippen molar-refractivity contribution in [3.63, 3.8) is 0 Å². The van der Waals surface area contributed by atoms with Crippen molar-refractivity contribution in [1.29, 1.82) is 0 Å². The average Bonchev–Trinajstić information content (AvgIpc) is 3.07. The van der Waals surface area contributed by atoms with Gasteiger partial charge < -0.3 is 15.0 Å². The molecule has 0 aromatic heterocycles. The summed E-state index contributed by atoms with van der Waals surface area (Å²) in [5, 5.41) is 2.81. The fraction of sp³-hybridized carbons (Fsp3) is 0.333. The maximum absolute atomic E-state index is 13.1. The van der Waals surface area contributed by atoms with Crippen LogP contribution in [0.1, 0.15) is 33.9 Å². The topological polar surface area (TPSA) is 61.9 Å². The van der Waals surface area contributed by atoms with Crippen LogP contribution < -0.4 is 15.0 Å². The first-order chi connectivity index (χ1) is 13.1. The molecule has 0 unspecified atom stereocenters. The molecule has 0 spiro atoms. The smallest absolute Gasteiger partial charge is 0.322 e. The molecule has 3 amide bonds. The van der Waals surface area contributed by atoms with Gasteiger partial charge in [0, 0.05) is 30.9 Å². The predicted octanol–water partition coefficient (Wildman–Crippen LogP) is 3.12.